The summed E-state index contributed by atoms with van der Waals surface area (Å²) >= 11 is 1.70. The van der Waals surface area contributed by atoms with E-state index in [4.69, 9.17) is 9.98 Å². The number of aryl methyl sites for hydroxylation is 1. The van der Waals surface area contributed by atoms with Gasteiger partial charge in [0.1, 0.15) is 5.01 Å². The SMILES string of the molecule is CCNC(=NCc1sc(-c2ccccc2)nc1C)NCCCN1CCCCCC1=O.I. The zero-order valence-electron chi connectivity index (χ0n) is 18.5. The Balaban J connectivity index is 0.00000341. The number of nitrogens with zero attached hydrogens (tertiary/aromatic N) is 3. The number of aliphatic imine (C=N–C) groups is 1. The van der Waals surface area contributed by atoms with Crippen molar-refractivity contribution in [2.45, 2.75) is 52.5 Å². The molecule has 1 aliphatic heterocycles. The van der Waals surface area contributed by atoms with E-state index in [9.17, 15) is 4.79 Å². The Morgan fingerprint density at radius 2 is 2.00 bits per heavy atom. The van der Waals surface area contributed by atoms with Gasteiger partial charge in [-0.15, -0.1) is 35.3 Å². The summed E-state index contributed by atoms with van der Waals surface area (Å²) in [6.45, 7) is 8.06. The molecule has 3 rings (SSSR count). The van der Waals surface area contributed by atoms with E-state index in [0.29, 0.717) is 18.9 Å². The van der Waals surface area contributed by atoms with Gasteiger partial charge in [-0.05, 0) is 33.1 Å². The minimum absolute atomic E-state index is 0. The second kappa shape index (κ2) is 13.7. The van der Waals surface area contributed by atoms with Crippen LogP contribution in [0.4, 0.5) is 0 Å². The van der Waals surface area contributed by atoms with E-state index in [1.54, 1.807) is 11.3 Å². The molecule has 0 atom stereocenters. The summed E-state index contributed by atoms with van der Waals surface area (Å²) in [4.78, 5) is 24.8. The van der Waals surface area contributed by atoms with Gasteiger partial charge in [0.2, 0.25) is 5.91 Å². The minimum Gasteiger partial charge on any atom is -0.357 e. The van der Waals surface area contributed by atoms with Gasteiger partial charge in [0, 0.05) is 43.0 Å². The van der Waals surface area contributed by atoms with Crippen molar-refractivity contribution in [3.05, 3.63) is 40.9 Å². The smallest absolute Gasteiger partial charge is 0.222 e. The summed E-state index contributed by atoms with van der Waals surface area (Å²) in [5.74, 6) is 1.12. The van der Waals surface area contributed by atoms with Crippen LogP contribution in [0.2, 0.25) is 0 Å². The molecule has 31 heavy (non-hydrogen) atoms. The topological polar surface area (TPSA) is 69.6 Å². The van der Waals surface area contributed by atoms with Gasteiger partial charge in [-0.1, -0.05) is 36.8 Å². The van der Waals surface area contributed by atoms with E-state index >= 15 is 0 Å². The molecule has 170 valence electrons. The summed E-state index contributed by atoms with van der Waals surface area (Å²) in [6, 6.07) is 10.3. The Kier molecular flexibility index (Phi) is 11.3. The number of hydrogen-bond acceptors (Lipinski definition) is 4. The Morgan fingerprint density at radius 3 is 2.77 bits per heavy atom. The monoisotopic (exact) mass is 555 g/mol. The second-order valence-electron chi connectivity index (χ2n) is 7.56. The third-order valence-electron chi connectivity index (χ3n) is 5.21. The molecule has 0 bridgehead atoms. The fourth-order valence-electron chi connectivity index (χ4n) is 3.52. The van der Waals surface area contributed by atoms with Crippen LogP contribution < -0.4 is 10.6 Å². The minimum atomic E-state index is 0. The zero-order chi connectivity index (χ0) is 21.2. The quantitative estimate of drug-likeness (QED) is 0.217. The molecule has 1 saturated heterocycles. The van der Waals surface area contributed by atoms with E-state index in [1.165, 1.54) is 11.3 Å². The first-order chi connectivity index (χ1) is 14.7. The average Bonchev–Trinajstić information content (AvgIpc) is 3.01. The van der Waals surface area contributed by atoms with Crippen molar-refractivity contribution in [3.8, 4) is 10.6 Å². The molecule has 8 heteroatoms. The molecular weight excluding hydrogens is 521 g/mol. The molecule has 0 aliphatic carbocycles. The van der Waals surface area contributed by atoms with Gasteiger partial charge in [0.15, 0.2) is 5.96 Å². The molecule has 2 aromatic rings. The first kappa shape index (κ1) is 25.6. The van der Waals surface area contributed by atoms with Gasteiger partial charge in [0.25, 0.3) is 0 Å². The number of guanidine groups is 1. The van der Waals surface area contributed by atoms with Gasteiger partial charge in [-0.3, -0.25) is 4.79 Å². The molecule has 1 fully saturated rings. The lowest BCUT2D eigenvalue weighted by molar-refractivity contribution is -0.130. The molecule has 2 N–H and O–H groups in total. The predicted octanol–water partition coefficient (Wildman–Crippen LogP) is 4.58. The van der Waals surface area contributed by atoms with E-state index in [0.717, 1.165) is 67.7 Å². The first-order valence-electron chi connectivity index (χ1n) is 11.0. The number of halogens is 1. The highest BCUT2D eigenvalue weighted by Gasteiger charge is 2.15. The predicted molar refractivity (Wildman–Crippen MR) is 140 cm³/mol. The zero-order valence-corrected chi connectivity index (χ0v) is 21.7. The van der Waals surface area contributed by atoms with Gasteiger partial charge >= 0.3 is 0 Å². The van der Waals surface area contributed by atoms with Crippen molar-refractivity contribution >= 4 is 47.2 Å². The van der Waals surface area contributed by atoms with E-state index in [1.807, 2.05) is 30.0 Å². The number of benzene rings is 1. The van der Waals surface area contributed by atoms with Crippen LogP contribution in [-0.4, -0.2) is 47.9 Å². The van der Waals surface area contributed by atoms with Crippen molar-refractivity contribution in [2.75, 3.05) is 26.2 Å². The van der Waals surface area contributed by atoms with Crippen LogP contribution in [0.15, 0.2) is 35.3 Å². The Hall–Kier alpha value is -1.68. The number of carbonyl (C=O) groups is 1. The molecule has 1 amide bonds. The lowest BCUT2D eigenvalue weighted by atomic mass is 10.2. The van der Waals surface area contributed by atoms with Crippen LogP contribution in [0.1, 0.15) is 49.6 Å². The maximum absolute atomic E-state index is 12.1. The van der Waals surface area contributed by atoms with Gasteiger partial charge < -0.3 is 15.5 Å². The van der Waals surface area contributed by atoms with Crippen LogP contribution in [0, 0.1) is 6.92 Å². The van der Waals surface area contributed by atoms with Crippen LogP contribution in [0.5, 0.6) is 0 Å². The Bertz CT molecular complexity index is 840. The maximum Gasteiger partial charge on any atom is 0.222 e. The number of amides is 1. The number of nitrogens with one attached hydrogen (secondary N) is 2. The van der Waals surface area contributed by atoms with E-state index in [2.05, 4.69) is 29.7 Å². The normalized spacial score (nSPS) is 14.7. The van der Waals surface area contributed by atoms with Crippen LogP contribution in [-0.2, 0) is 11.3 Å². The molecule has 1 aromatic carbocycles. The molecule has 2 heterocycles. The third-order valence-corrected chi connectivity index (χ3v) is 6.40. The van der Waals surface area contributed by atoms with Crippen LogP contribution in [0.3, 0.4) is 0 Å². The summed E-state index contributed by atoms with van der Waals surface area (Å²) in [6.07, 6.45) is 4.96. The van der Waals surface area contributed by atoms with E-state index < -0.39 is 0 Å². The lowest BCUT2D eigenvalue weighted by Crippen LogP contribution is -2.39. The van der Waals surface area contributed by atoms with Crippen molar-refractivity contribution in [1.82, 2.24) is 20.5 Å². The molecule has 0 saturated carbocycles. The summed E-state index contributed by atoms with van der Waals surface area (Å²) in [7, 11) is 0. The molecule has 0 spiro atoms. The highest BCUT2D eigenvalue weighted by atomic mass is 127. The van der Waals surface area contributed by atoms with Crippen LogP contribution in [0.25, 0.3) is 10.6 Å². The maximum atomic E-state index is 12.1. The van der Waals surface area contributed by atoms with Crippen molar-refractivity contribution in [3.63, 3.8) is 0 Å². The molecule has 0 unspecified atom stereocenters. The Labute approximate surface area is 207 Å². The average molecular weight is 556 g/mol. The third kappa shape index (κ3) is 8.07. The second-order valence-corrected chi connectivity index (χ2v) is 8.64. The Morgan fingerprint density at radius 1 is 1.19 bits per heavy atom. The molecule has 6 nitrogen and oxygen atoms in total. The first-order valence-corrected chi connectivity index (χ1v) is 11.8. The molecule has 1 aliphatic rings. The summed E-state index contributed by atoms with van der Waals surface area (Å²) < 4.78 is 0. The molecular formula is C23H34IN5OS. The number of rotatable bonds is 8. The lowest BCUT2D eigenvalue weighted by Gasteiger charge is -2.20. The fourth-order valence-corrected chi connectivity index (χ4v) is 4.52. The van der Waals surface area contributed by atoms with E-state index in [-0.39, 0.29) is 24.0 Å². The molecule has 0 radical (unpaired) electrons. The number of aromatic nitrogens is 1. The van der Waals surface area contributed by atoms with Gasteiger partial charge in [0.05, 0.1) is 12.2 Å². The van der Waals surface area contributed by atoms with Crippen molar-refractivity contribution in [1.29, 1.82) is 0 Å². The van der Waals surface area contributed by atoms with Crippen molar-refractivity contribution in [2.24, 2.45) is 4.99 Å². The van der Waals surface area contributed by atoms with Crippen LogP contribution >= 0.6 is 35.3 Å². The standard InChI is InChI=1S/C23H33N5OS.HI/c1-3-24-23(25-14-10-16-28-15-9-5-8-13-21(28)29)26-17-20-18(2)27-22(30-20)19-11-6-4-7-12-19;/h4,6-7,11-12H,3,5,8-10,13-17H2,1-2H3,(H2,24,25,26);1H. The largest absolute Gasteiger partial charge is 0.357 e. The summed E-state index contributed by atoms with van der Waals surface area (Å²) in [5, 5.41) is 7.75. The number of hydrogen-bond donors (Lipinski definition) is 2. The highest BCUT2D eigenvalue weighted by Crippen LogP contribution is 2.28. The fraction of sp³-hybridized carbons (Fsp3) is 0.522. The summed E-state index contributed by atoms with van der Waals surface area (Å²) in [5.41, 5.74) is 2.19. The highest BCUT2D eigenvalue weighted by molar-refractivity contribution is 14.0. The van der Waals surface area contributed by atoms with Gasteiger partial charge in [-0.25, -0.2) is 9.98 Å². The van der Waals surface area contributed by atoms with Crippen molar-refractivity contribution < 1.29 is 4.79 Å². The van der Waals surface area contributed by atoms with Gasteiger partial charge in [-0.2, -0.15) is 0 Å². The molecule has 1 aromatic heterocycles. The number of carbonyl (C=O) groups excluding carboxylic acids is 1. The number of thiazole rings is 1. The number of likely N-dealkylation sites (tertiary alicyclic amines) is 1.